The van der Waals surface area contributed by atoms with E-state index in [9.17, 15) is 0 Å². The van der Waals surface area contributed by atoms with Crippen LogP contribution in [0.5, 0.6) is 5.88 Å². The van der Waals surface area contributed by atoms with Crippen LogP contribution in [0, 0.1) is 19.8 Å². The lowest BCUT2D eigenvalue weighted by molar-refractivity contribution is 0.285. The van der Waals surface area contributed by atoms with Crippen LogP contribution in [0.2, 0.25) is 0 Å². The van der Waals surface area contributed by atoms with Gasteiger partial charge in [0, 0.05) is 34.7 Å². The van der Waals surface area contributed by atoms with E-state index in [1.165, 1.54) is 11.2 Å². The molecular weight excluding hydrogens is 346 g/mol. The Morgan fingerprint density at radius 3 is 2.92 bits per heavy atom. The third kappa shape index (κ3) is 3.99. The van der Waals surface area contributed by atoms with Gasteiger partial charge in [0.2, 0.25) is 5.88 Å². The maximum absolute atomic E-state index is 5.87. The summed E-state index contributed by atoms with van der Waals surface area (Å²) in [4.78, 5) is 18.6. The van der Waals surface area contributed by atoms with Crippen LogP contribution in [-0.2, 0) is 6.54 Å². The van der Waals surface area contributed by atoms with Gasteiger partial charge in [0.05, 0.1) is 23.9 Å². The molecule has 0 bridgehead atoms. The number of hydrogen-bond donors (Lipinski definition) is 1. The van der Waals surface area contributed by atoms with Crippen molar-refractivity contribution in [3.8, 4) is 5.88 Å². The topological polar surface area (TPSA) is 72.8 Å². The molecule has 0 aromatic carbocycles. The van der Waals surface area contributed by atoms with Crippen LogP contribution in [0.3, 0.4) is 0 Å². The minimum absolute atomic E-state index is 0.508. The molecule has 1 aliphatic rings. The number of thiazole rings is 1. The standard InChI is InChI=1S/C19H21N5OS/c1-12-17(26-13(2)24-12)9-21-18-8-19(23-11-22-18)25-10-14-7-15(14)16-5-3-4-6-20-16/h3-6,8,11,14-15H,7,9-10H2,1-2H3,(H,21,22,23). The maximum Gasteiger partial charge on any atom is 0.218 e. The molecule has 1 aliphatic carbocycles. The highest BCUT2D eigenvalue weighted by atomic mass is 32.1. The van der Waals surface area contributed by atoms with Crippen LogP contribution in [-0.4, -0.2) is 26.5 Å². The van der Waals surface area contributed by atoms with Crippen LogP contribution < -0.4 is 10.1 Å². The van der Waals surface area contributed by atoms with Gasteiger partial charge in [-0.1, -0.05) is 6.07 Å². The summed E-state index contributed by atoms with van der Waals surface area (Å²) in [5, 5.41) is 4.40. The summed E-state index contributed by atoms with van der Waals surface area (Å²) in [5.41, 5.74) is 2.22. The molecule has 2 unspecified atom stereocenters. The van der Waals surface area contributed by atoms with E-state index in [0.29, 0.717) is 30.9 Å². The molecule has 3 aromatic rings. The first-order valence-corrected chi connectivity index (χ1v) is 9.53. The molecule has 3 heterocycles. The largest absolute Gasteiger partial charge is 0.477 e. The van der Waals surface area contributed by atoms with Crippen molar-refractivity contribution in [1.82, 2.24) is 19.9 Å². The Morgan fingerprint density at radius 1 is 1.23 bits per heavy atom. The Kier molecular flexibility index (Phi) is 4.79. The molecule has 26 heavy (non-hydrogen) atoms. The van der Waals surface area contributed by atoms with Gasteiger partial charge < -0.3 is 10.1 Å². The van der Waals surface area contributed by atoms with Gasteiger partial charge in [0.25, 0.3) is 0 Å². The van der Waals surface area contributed by atoms with Crippen molar-refractivity contribution >= 4 is 17.2 Å². The second-order valence-electron chi connectivity index (χ2n) is 6.50. The van der Waals surface area contributed by atoms with Gasteiger partial charge in [-0.15, -0.1) is 11.3 Å². The highest BCUT2D eigenvalue weighted by Gasteiger charge is 2.39. The number of ether oxygens (including phenoxy) is 1. The Hall–Kier alpha value is -2.54. The summed E-state index contributed by atoms with van der Waals surface area (Å²) in [7, 11) is 0. The number of nitrogens with one attached hydrogen (secondary N) is 1. The van der Waals surface area contributed by atoms with E-state index in [-0.39, 0.29) is 0 Å². The van der Waals surface area contributed by atoms with Crippen molar-refractivity contribution in [2.24, 2.45) is 5.92 Å². The van der Waals surface area contributed by atoms with Gasteiger partial charge >= 0.3 is 0 Å². The summed E-state index contributed by atoms with van der Waals surface area (Å²) in [6, 6.07) is 7.91. The van der Waals surface area contributed by atoms with Crippen LogP contribution >= 0.6 is 11.3 Å². The minimum Gasteiger partial charge on any atom is -0.477 e. The first kappa shape index (κ1) is 16.9. The Morgan fingerprint density at radius 2 is 2.15 bits per heavy atom. The molecule has 1 saturated carbocycles. The number of aromatic nitrogens is 4. The lowest BCUT2D eigenvalue weighted by atomic mass is 10.2. The summed E-state index contributed by atoms with van der Waals surface area (Å²) < 4.78 is 5.87. The highest BCUT2D eigenvalue weighted by Crippen LogP contribution is 2.46. The molecule has 1 N–H and O–H groups in total. The number of pyridine rings is 1. The fraction of sp³-hybridized carbons (Fsp3) is 0.368. The van der Waals surface area contributed by atoms with Gasteiger partial charge in [-0.3, -0.25) is 4.98 Å². The zero-order chi connectivity index (χ0) is 17.9. The number of anilines is 1. The molecule has 0 spiro atoms. The van der Waals surface area contributed by atoms with Crippen LogP contribution in [0.4, 0.5) is 5.82 Å². The molecule has 134 valence electrons. The predicted molar refractivity (Wildman–Crippen MR) is 102 cm³/mol. The predicted octanol–water partition coefficient (Wildman–Crippen LogP) is 3.74. The van der Waals surface area contributed by atoms with Crippen LogP contribution in [0.25, 0.3) is 0 Å². The van der Waals surface area contributed by atoms with Crippen molar-refractivity contribution in [1.29, 1.82) is 0 Å². The molecule has 0 aliphatic heterocycles. The molecule has 3 aromatic heterocycles. The number of rotatable bonds is 7. The SMILES string of the molecule is Cc1nc(C)c(CNc2cc(OCC3CC3c3ccccn3)ncn2)s1. The lowest BCUT2D eigenvalue weighted by Gasteiger charge is -2.08. The second-order valence-corrected chi connectivity index (χ2v) is 7.79. The molecule has 0 saturated heterocycles. The third-order valence-electron chi connectivity index (χ3n) is 4.51. The van der Waals surface area contributed by atoms with Gasteiger partial charge in [-0.05, 0) is 32.4 Å². The van der Waals surface area contributed by atoms with Crippen molar-refractivity contribution < 1.29 is 4.74 Å². The Bertz CT molecular complexity index is 883. The van der Waals surface area contributed by atoms with E-state index < -0.39 is 0 Å². The van der Waals surface area contributed by atoms with Gasteiger partial charge in [-0.25, -0.2) is 15.0 Å². The lowest BCUT2D eigenvalue weighted by Crippen LogP contribution is -2.05. The van der Waals surface area contributed by atoms with Gasteiger partial charge in [0.1, 0.15) is 12.1 Å². The summed E-state index contributed by atoms with van der Waals surface area (Å²) in [6.07, 6.45) is 4.50. The maximum atomic E-state index is 5.87. The fourth-order valence-electron chi connectivity index (χ4n) is 3.01. The summed E-state index contributed by atoms with van der Waals surface area (Å²) in [6.45, 7) is 5.42. The molecule has 0 radical (unpaired) electrons. The van der Waals surface area contributed by atoms with Gasteiger partial charge in [-0.2, -0.15) is 0 Å². The molecule has 0 amide bonds. The van der Waals surface area contributed by atoms with E-state index in [1.807, 2.05) is 38.2 Å². The van der Waals surface area contributed by atoms with Crippen molar-refractivity contribution in [2.75, 3.05) is 11.9 Å². The zero-order valence-corrected chi connectivity index (χ0v) is 15.7. The molecular formula is C19H21N5OS. The number of aryl methyl sites for hydroxylation is 2. The average Bonchev–Trinajstić information content (AvgIpc) is 3.37. The van der Waals surface area contributed by atoms with E-state index in [4.69, 9.17) is 4.74 Å². The quantitative estimate of drug-likeness (QED) is 0.686. The Labute approximate surface area is 156 Å². The smallest absolute Gasteiger partial charge is 0.218 e. The summed E-state index contributed by atoms with van der Waals surface area (Å²) in [5.74, 6) is 2.39. The second kappa shape index (κ2) is 7.37. The monoisotopic (exact) mass is 367 g/mol. The van der Waals surface area contributed by atoms with Crippen molar-refractivity contribution in [3.63, 3.8) is 0 Å². The van der Waals surface area contributed by atoms with Crippen LogP contribution in [0.1, 0.15) is 33.6 Å². The number of hydrogen-bond acceptors (Lipinski definition) is 7. The molecule has 6 nitrogen and oxygen atoms in total. The number of nitrogens with zero attached hydrogens (tertiary/aromatic N) is 4. The van der Waals surface area contributed by atoms with Gasteiger partial charge in [0.15, 0.2) is 0 Å². The van der Waals surface area contributed by atoms with Crippen molar-refractivity contribution in [3.05, 3.63) is 58.1 Å². The summed E-state index contributed by atoms with van der Waals surface area (Å²) >= 11 is 1.70. The molecule has 7 heteroatoms. The van der Waals surface area contributed by atoms with E-state index in [2.05, 4.69) is 31.3 Å². The average molecular weight is 367 g/mol. The Balaban J connectivity index is 1.30. The van der Waals surface area contributed by atoms with E-state index in [0.717, 1.165) is 28.6 Å². The van der Waals surface area contributed by atoms with Crippen LogP contribution in [0.15, 0.2) is 36.8 Å². The normalized spacial score (nSPS) is 18.5. The van der Waals surface area contributed by atoms with Crippen molar-refractivity contribution in [2.45, 2.75) is 32.7 Å². The molecule has 2 atom stereocenters. The zero-order valence-electron chi connectivity index (χ0n) is 14.8. The highest BCUT2D eigenvalue weighted by molar-refractivity contribution is 7.11. The first-order valence-electron chi connectivity index (χ1n) is 8.71. The van der Waals surface area contributed by atoms with E-state index in [1.54, 1.807) is 11.3 Å². The fourth-order valence-corrected chi connectivity index (χ4v) is 3.88. The molecule has 1 fully saturated rings. The molecule has 4 rings (SSSR count). The minimum atomic E-state index is 0.508. The first-order chi connectivity index (χ1) is 12.7. The third-order valence-corrected chi connectivity index (χ3v) is 5.58. The van der Waals surface area contributed by atoms with E-state index >= 15 is 0 Å².